The first-order valence-corrected chi connectivity index (χ1v) is 11.4. The fourth-order valence-electron chi connectivity index (χ4n) is 4.72. The second kappa shape index (κ2) is 10.5. The fourth-order valence-corrected chi connectivity index (χ4v) is 4.72. The number of hydrogen-bond acceptors (Lipinski definition) is 4. The quantitative estimate of drug-likeness (QED) is 0.457. The number of nitrogens with one attached hydrogen (secondary N) is 2. The van der Waals surface area contributed by atoms with Gasteiger partial charge in [-0.15, -0.1) is 0 Å². The third-order valence-electron chi connectivity index (χ3n) is 6.48. The third kappa shape index (κ3) is 5.46. The summed E-state index contributed by atoms with van der Waals surface area (Å²) in [5, 5.41) is 19.6. The number of aromatic nitrogens is 2. The molecule has 1 aromatic heterocycles. The van der Waals surface area contributed by atoms with Crippen LogP contribution in [0.4, 0.5) is 10.6 Å². The number of amides is 2. The molecule has 3 aromatic rings. The minimum Gasteiger partial charge on any atom is -0.478 e. The molecule has 8 heteroatoms. The van der Waals surface area contributed by atoms with Gasteiger partial charge in [0.05, 0.1) is 11.3 Å². The van der Waals surface area contributed by atoms with Crippen LogP contribution in [0.15, 0.2) is 60.7 Å². The molecule has 2 amide bonds. The number of aromatic carboxylic acids is 1. The Labute approximate surface area is 198 Å². The lowest BCUT2D eigenvalue weighted by atomic mass is 9.93. The summed E-state index contributed by atoms with van der Waals surface area (Å²) in [6.45, 7) is 0.719. The van der Waals surface area contributed by atoms with Crippen LogP contribution in [0, 0.1) is 5.92 Å². The molecule has 1 aliphatic carbocycles. The number of ether oxygens (including phenoxy) is 1. The van der Waals surface area contributed by atoms with Gasteiger partial charge in [-0.05, 0) is 42.9 Å². The number of carbonyl (C=O) groups is 2. The number of nitrogens with zero attached hydrogens (tertiary/aromatic N) is 2. The molecule has 3 N–H and O–H groups in total. The van der Waals surface area contributed by atoms with E-state index in [0.29, 0.717) is 17.4 Å². The summed E-state index contributed by atoms with van der Waals surface area (Å²) in [6.07, 6.45) is 2.90. The van der Waals surface area contributed by atoms with Crippen molar-refractivity contribution in [3.05, 3.63) is 71.8 Å². The SMILES string of the molecule is COCCC1C[C@@H](NC(=O)Nc2cc(-c3ccc(C(=O)O)cc3)nn2C)[C@H](c2ccccc2)C1. The zero-order valence-corrected chi connectivity index (χ0v) is 19.4. The van der Waals surface area contributed by atoms with Gasteiger partial charge in [0.1, 0.15) is 5.82 Å². The standard InChI is InChI=1S/C26H30N4O4/c1-30-24(16-22(29-30)19-8-10-20(11-9-19)25(31)32)28-26(33)27-23-15-17(12-13-34-2)14-21(23)18-6-4-3-5-7-18/h3-11,16-17,21,23H,12-15H2,1-2H3,(H,31,32)(H2,27,28,33)/t17?,21-,23+/m0/s1. The van der Waals surface area contributed by atoms with E-state index in [4.69, 9.17) is 9.84 Å². The summed E-state index contributed by atoms with van der Waals surface area (Å²) < 4.78 is 6.87. The molecule has 8 nitrogen and oxygen atoms in total. The summed E-state index contributed by atoms with van der Waals surface area (Å²) in [5.74, 6) is 0.327. The highest BCUT2D eigenvalue weighted by atomic mass is 16.5. The molecule has 1 saturated carbocycles. The molecule has 1 heterocycles. The van der Waals surface area contributed by atoms with E-state index in [1.54, 1.807) is 37.0 Å². The summed E-state index contributed by atoms with van der Waals surface area (Å²) >= 11 is 0. The number of carboxylic acid groups (broad SMARTS) is 1. The third-order valence-corrected chi connectivity index (χ3v) is 6.48. The lowest BCUT2D eigenvalue weighted by Crippen LogP contribution is -2.39. The molecule has 0 aliphatic heterocycles. The first-order chi connectivity index (χ1) is 16.4. The van der Waals surface area contributed by atoms with Gasteiger partial charge >= 0.3 is 12.0 Å². The second-order valence-corrected chi connectivity index (χ2v) is 8.76. The topological polar surface area (TPSA) is 105 Å². The van der Waals surface area contributed by atoms with Crippen molar-refractivity contribution < 1.29 is 19.4 Å². The van der Waals surface area contributed by atoms with E-state index in [2.05, 4.69) is 27.9 Å². The smallest absolute Gasteiger partial charge is 0.335 e. The van der Waals surface area contributed by atoms with Gasteiger partial charge in [0.2, 0.25) is 0 Å². The first-order valence-electron chi connectivity index (χ1n) is 11.4. The zero-order chi connectivity index (χ0) is 24.1. The lowest BCUT2D eigenvalue weighted by molar-refractivity contribution is 0.0697. The molecule has 1 fully saturated rings. The maximum absolute atomic E-state index is 12.9. The molecule has 34 heavy (non-hydrogen) atoms. The highest BCUT2D eigenvalue weighted by molar-refractivity contribution is 5.90. The zero-order valence-electron chi connectivity index (χ0n) is 19.4. The molecule has 178 valence electrons. The minimum atomic E-state index is -0.975. The summed E-state index contributed by atoms with van der Waals surface area (Å²) in [6, 6.07) is 18.4. The number of benzene rings is 2. The maximum Gasteiger partial charge on any atom is 0.335 e. The fraction of sp³-hybridized carbons (Fsp3) is 0.346. The molecular weight excluding hydrogens is 432 g/mol. The van der Waals surface area contributed by atoms with Gasteiger partial charge in [0.25, 0.3) is 0 Å². The highest BCUT2D eigenvalue weighted by Gasteiger charge is 2.36. The molecule has 1 aliphatic rings. The van der Waals surface area contributed by atoms with Crippen molar-refractivity contribution in [2.45, 2.75) is 31.2 Å². The van der Waals surface area contributed by atoms with Crippen molar-refractivity contribution in [2.75, 3.05) is 19.0 Å². The van der Waals surface area contributed by atoms with Crippen LogP contribution in [-0.4, -0.2) is 46.6 Å². The summed E-state index contributed by atoms with van der Waals surface area (Å²) in [7, 11) is 3.48. The number of anilines is 1. The Morgan fingerprint density at radius 1 is 1.12 bits per heavy atom. The first kappa shape index (κ1) is 23.5. The predicted molar refractivity (Wildman–Crippen MR) is 130 cm³/mol. The average Bonchev–Trinajstić information content (AvgIpc) is 3.41. The summed E-state index contributed by atoms with van der Waals surface area (Å²) in [5.41, 5.74) is 2.87. The van der Waals surface area contributed by atoms with E-state index in [1.807, 2.05) is 18.2 Å². The van der Waals surface area contributed by atoms with E-state index in [0.717, 1.165) is 31.4 Å². The van der Waals surface area contributed by atoms with Crippen molar-refractivity contribution in [1.29, 1.82) is 0 Å². The van der Waals surface area contributed by atoms with Crippen LogP contribution in [0.2, 0.25) is 0 Å². The van der Waals surface area contributed by atoms with Crippen LogP contribution in [0.3, 0.4) is 0 Å². The molecule has 0 saturated heterocycles. The van der Waals surface area contributed by atoms with Crippen LogP contribution < -0.4 is 10.6 Å². The number of methoxy groups -OCH3 is 1. The molecule has 4 rings (SSSR count). The molecule has 0 radical (unpaired) electrons. The number of aryl methyl sites for hydroxylation is 1. The lowest BCUT2D eigenvalue weighted by Gasteiger charge is -2.21. The van der Waals surface area contributed by atoms with Crippen molar-refractivity contribution in [2.24, 2.45) is 13.0 Å². The maximum atomic E-state index is 12.9. The second-order valence-electron chi connectivity index (χ2n) is 8.76. The number of carboxylic acids is 1. The van der Waals surface area contributed by atoms with Gasteiger partial charge in [0.15, 0.2) is 0 Å². The van der Waals surface area contributed by atoms with Gasteiger partial charge in [-0.25, -0.2) is 9.59 Å². The average molecular weight is 463 g/mol. The number of rotatable bonds is 8. The Kier molecular flexibility index (Phi) is 7.27. The van der Waals surface area contributed by atoms with Gasteiger partial charge in [-0.3, -0.25) is 10.00 Å². The Bertz CT molecular complexity index is 1130. The van der Waals surface area contributed by atoms with Crippen LogP contribution in [0.1, 0.15) is 41.1 Å². The van der Waals surface area contributed by atoms with Crippen LogP contribution in [-0.2, 0) is 11.8 Å². The van der Waals surface area contributed by atoms with E-state index < -0.39 is 5.97 Å². The Morgan fingerprint density at radius 2 is 1.85 bits per heavy atom. The van der Waals surface area contributed by atoms with Gasteiger partial charge < -0.3 is 15.2 Å². The van der Waals surface area contributed by atoms with Gasteiger partial charge in [-0.2, -0.15) is 5.10 Å². The van der Waals surface area contributed by atoms with E-state index in [1.165, 1.54) is 17.7 Å². The molecule has 2 aromatic carbocycles. The monoisotopic (exact) mass is 462 g/mol. The van der Waals surface area contributed by atoms with Gasteiger partial charge in [0, 0.05) is 44.4 Å². The van der Waals surface area contributed by atoms with Crippen LogP contribution >= 0.6 is 0 Å². The highest BCUT2D eigenvalue weighted by Crippen LogP contribution is 2.40. The van der Waals surface area contributed by atoms with E-state index in [9.17, 15) is 9.59 Å². The van der Waals surface area contributed by atoms with Crippen LogP contribution in [0.25, 0.3) is 11.3 Å². The Hall–Kier alpha value is -3.65. The van der Waals surface area contributed by atoms with Crippen molar-refractivity contribution in [3.8, 4) is 11.3 Å². The van der Waals surface area contributed by atoms with Crippen molar-refractivity contribution in [3.63, 3.8) is 0 Å². The minimum absolute atomic E-state index is 0.0283. The van der Waals surface area contributed by atoms with Gasteiger partial charge in [-0.1, -0.05) is 42.5 Å². The van der Waals surface area contributed by atoms with E-state index >= 15 is 0 Å². The van der Waals surface area contributed by atoms with Crippen molar-refractivity contribution in [1.82, 2.24) is 15.1 Å². The number of urea groups is 1. The molecule has 0 spiro atoms. The largest absolute Gasteiger partial charge is 0.478 e. The Balaban J connectivity index is 1.44. The molecule has 3 atom stereocenters. The Morgan fingerprint density at radius 3 is 2.53 bits per heavy atom. The van der Waals surface area contributed by atoms with Crippen molar-refractivity contribution >= 4 is 17.8 Å². The van der Waals surface area contributed by atoms with Crippen LogP contribution in [0.5, 0.6) is 0 Å². The number of hydrogen-bond donors (Lipinski definition) is 3. The molecule has 0 bridgehead atoms. The normalized spacial score (nSPS) is 19.6. The molecule has 1 unspecified atom stereocenters. The molecular formula is C26H30N4O4. The summed E-state index contributed by atoms with van der Waals surface area (Å²) in [4.78, 5) is 24.0. The predicted octanol–water partition coefficient (Wildman–Crippen LogP) is 4.51. The number of carbonyl (C=O) groups excluding carboxylic acids is 1. The van der Waals surface area contributed by atoms with E-state index in [-0.39, 0.29) is 23.6 Å².